The van der Waals surface area contributed by atoms with Gasteiger partial charge in [-0.25, -0.2) is 0 Å². The van der Waals surface area contributed by atoms with Crippen LogP contribution in [0.25, 0.3) is 0 Å². The van der Waals surface area contributed by atoms with Crippen molar-refractivity contribution in [1.29, 1.82) is 0 Å². The molecule has 130 valence electrons. The Labute approximate surface area is 147 Å². The van der Waals surface area contributed by atoms with Crippen molar-refractivity contribution in [3.63, 3.8) is 0 Å². The lowest BCUT2D eigenvalue weighted by atomic mass is 10.1. The molecule has 0 saturated heterocycles. The number of nitrogens with one attached hydrogen (secondary N) is 1. The van der Waals surface area contributed by atoms with Gasteiger partial charge in [-0.1, -0.05) is 18.2 Å². The molecule has 1 N–H and O–H groups in total. The highest BCUT2D eigenvalue weighted by Crippen LogP contribution is 2.32. The number of carbonyl (C=O) groups excluding carboxylic acids is 2. The number of amides is 2. The van der Waals surface area contributed by atoms with Gasteiger partial charge in [0, 0.05) is 17.4 Å². The molecule has 0 spiro atoms. The number of nitrogens with zero attached hydrogens (tertiary/aromatic N) is 1. The number of fused-ring (bicyclic) bond motifs is 1. The summed E-state index contributed by atoms with van der Waals surface area (Å²) in [5.74, 6) is 0.255. The van der Waals surface area contributed by atoms with Gasteiger partial charge in [-0.2, -0.15) is 0 Å². The fourth-order valence-corrected chi connectivity index (χ4v) is 3.17. The molecule has 0 aromatic heterocycles. The van der Waals surface area contributed by atoms with Crippen LogP contribution in [0.1, 0.15) is 25.8 Å². The SMILES string of the molecule is CCOc1ccc(NC(=O)CC(=O)N2c3ccccc3CC2C)cc1. The molecule has 1 aliphatic rings. The van der Waals surface area contributed by atoms with E-state index in [2.05, 4.69) is 5.32 Å². The maximum atomic E-state index is 12.6. The third-order valence-corrected chi connectivity index (χ3v) is 4.24. The van der Waals surface area contributed by atoms with E-state index in [0.29, 0.717) is 12.3 Å². The van der Waals surface area contributed by atoms with Crippen molar-refractivity contribution >= 4 is 23.2 Å². The van der Waals surface area contributed by atoms with E-state index < -0.39 is 0 Å². The molecule has 1 heterocycles. The Kier molecular flexibility index (Phi) is 5.03. The third-order valence-electron chi connectivity index (χ3n) is 4.24. The van der Waals surface area contributed by atoms with Crippen LogP contribution in [0.4, 0.5) is 11.4 Å². The lowest BCUT2D eigenvalue weighted by Gasteiger charge is -2.22. The van der Waals surface area contributed by atoms with Gasteiger partial charge < -0.3 is 15.0 Å². The van der Waals surface area contributed by atoms with E-state index in [1.54, 1.807) is 29.2 Å². The van der Waals surface area contributed by atoms with E-state index >= 15 is 0 Å². The van der Waals surface area contributed by atoms with Crippen molar-refractivity contribution < 1.29 is 14.3 Å². The lowest BCUT2D eigenvalue weighted by Crippen LogP contribution is -2.37. The first-order valence-electron chi connectivity index (χ1n) is 8.51. The van der Waals surface area contributed by atoms with E-state index in [-0.39, 0.29) is 24.3 Å². The summed E-state index contributed by atoms with van der Waals surface area (Å²) in [5, 5.41) is 2.76. The Hall–Kier alpha value is -2.82. The minimum atomic E-state index is -0.314. The number of ether oxygens (including phenoxy) is 1. The molecule has 2 aromatic carbocycles. The first-order valence-corrected chi connectivity index (χ1v) is 8.51. The van der Waals surface area contributed by atoms with Crippen LogP contribution in [-0.2, 0) is 16.0 Å². The molecule has 0 aliphatic carbocycles. The van der Waals surface area contributed by atoms with Crippen LogP contribution in [-0.4, -0.2) is 24.5 Å². The highest BCUT2D eigenvalue weighted by Gasteiger charge is 2.31. The second kappa shape index (κ2) is 7.38. The van der Waals surface area contributed by atoms with Gasteiger partial charge >= 0.3 is 0 Å². The Balaban J connectivity index is 1.62. The molecule has 0 fully saturated rings. The van der Waals surface area contributed by atoms with Gasteiger partial charge in [0.15, 0.2) is 0 Å². The highest BCUT2D eigenvalue weighted by atomic mass is 16.5. The summed E-state index contributed by atoms with van der Waals surface area (Å²) in [5.41, 5.74) is 2.71. The maximum Gasteiger partial charge on any atom is 0.236 e. The lowest BCUT2D eigenvalue weighted by molar-refractivity contribution is -0.125. The molecular formula is C20H22N2O3. The monoisotopic (exact) mass is 338 g/mol. The van der Waals surface area contributed by atoms with Crippen molar-refractivity contribution in [2.45, 2.75) is 32.7 Å². The molecule has 2 amide bonds. The standard InChI is InChI=1S/C20H22N2O3/c1-3-25-17-10-8-16(9-11-17)21-19(23)13-20(24)22-14(2)12-15-6-4-5-7-18(15)22/h4-11,14H,3,12-13H2,1-2H3,(H,21,23). The first kappa shape index (κ1) is 17.0. The number of para-hydroxylation sites is 1. The topological polar surface area (TPSA) is 58.6 Å². The fraction of sp³-hybridized carbons (Fsp3) is 0.300. The van der Waals surface area contributed by atoms with Crippen LogP contribution in [0.3, 0.4) is 0 Å². The first-order chi connectivity index (χ1) is 12.1. The van der Waals surface area contributed by atoms with Crippen LogP contribution < -0.4 is 15.0 Å². The Morgan fingerprint density at radius 1 is 1.16 bits per heavy atom. The number of hydrogen-bond donors (Lipinski definition) is 1. The van der Waals surface area contributed by atoms with Gasteiger partial charge in [-0.15, -0.1) is 0 Å². The van der Waals surface area contributed by atoms with Crippen molar-refractivity contribution in [2.75, 3.05) is 16.8 Å². The summed E-state index contributed by atoms with van der Waals surface area (Å²) < 4.78 is 5.37. The number of carbonyl (C=O) groups is 2. The summed E-state index contributed by atoms with van der Waals surface area (Å²) in [6.45, 7) is 4.51. The van der Waals surface area contributed by atoms with Gasteiger partial charge in [0.2, 0.25) is 11.8 Å². The molecule has 5 heteroatoms. The van der Waals surface area contributed by atoms with Gasteiger partial charge in [0.25, 0.3) is 0 Å². The van der Waals surface area contributed by atoms with E-state index in [4.69, 9.17) is 4.74 Å². The van der Waals surface area contributed by atoms with E-state index in [1.165, 1.54) is 0 Å². The third kappa shape index (κ3) is 3.82. The predicted molar refractivity (Wildman–Crippen MR) is 98.0 cm³/mol. The quantitative estimate of drug-likeness (QED) is 0.850. The number of rotatable bonds is 5. The van der Waals surface area contributed by atoms with Crippen molar-refractivity contribution in [3.8, 4) is 5.75 Å². The number of benzene rings is 2. The van der Waals surface area contributed by atoms with Crippen molar-refractivity contribution in [3.05, 3.63) is 54.1 Å². The molecule has 1 unspecified atom stereocenters. The molecule has 0 saturated carbocycles. The minimum absolute atomic E-state index is 0.0724. The van der Waals surface area contributed by atoms with Crippen LogP contribution in [0.5, 0.6) is 5.75 Å². The van der Waals surface area contributed by atoms with Crippen LogP contribution in [0.2, 0.25) is 0 Å². The molecule has 25 heavy (non-hydrogen) atoms. The Morgan fingerprint density at radius 3 is 2.60 bits per heavy atom. The summed E-state index contributed by atoms with van der Waals surface area (Å²) >= 11 is 0. The van der Waals surface area contributed by atoms with E-state index in [1.807, 2.05) is 38.1 Å². The highest BCUT2D eigenvalue weighted by molar-refractivity contribution is 6.10. The average molecular weight is 338 g/mol. The van der Waals surface area contributed by atoms with Crippen molar-refractivity contribution in [1.82, 2.24) is 0 Å². The minimum Gasteiger partial charge on any atom is -0.494 e. The average Bonchev–Trinajstić information content (AvgIpc) is 2.92. The molecule has 0 radical (unpaired) electrons. The van der Waals surface area contributed by atoms with Crippen LogP contribution in [0.15, 0.2) is 48.5 Å². The zero-order valence-electron chi connectivity index (χ0n) is 14.5. The summed E-state index contributed by atoms with van der Waals surface area (Å²) in [4.78, 5) is 26.6. The number of hydrogen-bond acceptors (Lipinski definition) is 3. The normalized spacial score (nSPS) is 15.6. The summed E-state index contributed by atoms with van der Waals surface area (Å²) in [7, 11) is 0. The zero-order valence-corrected chi connectivity index (χ0v) is 14.5. The Morgan fingerprint density at radius 2 is 1.88 bits per heavy atom. The second-order valence-corrected chi connectivity index (χ2v) is 6.13. The number of anilines is 2. The fourth-order valence-electron chi connectivity index (χ4n) is 3.17. The maximum absolute atomic E-state index is 12.6. The molecule has 5 nitrogen and oxygen atoms in total. The molecule has 0 bridgehead atoms. The van der Waals surface area contributed by atoms with Crippen molar-refractivity contribution in [2.24, 2.45) is 0 Å². The molecular weight excluding hydrogens is 316 g/mol. The summed E-state index contributed by atoms with van der Waals surface area (Å²) in [6, 6.07) is 15.0. The summed E-state index contributed by atoms with van der Waals surface area (Å²) in [6.07, 6.45) is 0.647. The zero-order chi connectivity index (χ0) is 17.8. The van der Waals surface area contributed by atoms with Gasteiger partial charge in [0.1, 0.15) is 12.2 Å². The Bertz CT molecular complexity index is 771. The smallest absolute Gasteiger partial charge is 0.236 e. The van der Waals surface area contributed by atoms with Gasteiger partial charge in [-0.3, -0.25) is 9.59 Å². The van der Waals surface area contributed by atoms with E-state index in [9.17, 15) is 9.59 Å². The molecule has 1 aliphatic heterocycles. The molecule has 2 aromatic rings. The predicted octanol–water partition coefficient (Wildman–Crippen LogP) is 3.39. The molecule has 3 rings (SSSR count). The van der Waals surface area contributed by atoms with Crippen LogP contribution in [0, 0.1) is 0 Å². The van der Waals surface area contributed by atoms with Gasteiger partial charge in [-0.05, 0) is 56.2 Å². The van der Waals surface area contributed by atoms with Crippen LogP contribution >= 0.6 is 0 Å². The van der Waals surface area contributed by atoms with E-state index in [0.717, 1.165) is 23.4 Å². The molecule has 1 atom stereocenters. The second-order valence-electron chi connectivity index (χ2n) is 6.13. The van der Waals surface area contributed by atoms with Gasteiger partial charge in [0.05, 0.1) is 6.61 Å². The largest absolute Gasteiger partial charge is 0.494 e.